The van der Waals surface area contributed by atoms with Gasteiger partial charge in [0, 0.05) is 0 Å². The van der Waals surface area contributed by atoms with Crippen molar-refractivity contribution in [3.8, 4) is 0 Å². The second kappa shape index (κ2) is 9.59. The van der Waals surface area contributed by atoms with Crippen molar-refractivity contribution >= 4 is 5.97 Å². The van der Waals surface area contributed by atoms with Crippen LogP contribution in [0, 0.1) is 29.1 Å². The molecular formula is C23H38O2. The zero-order valence-electron chi connectivity index (χ0n) is 16.8. The van der Waals surface area contributed by atoms with Crippen molar-refractivity contribution in [2.75, 3.05) is 6.61 Å². The van der Waals surface area contributed by atoms with Crippen LogP contribution >= 0.6 is 0 Å². The molecule has 142 valence electrons. The van der Waals surface area contributed by atoms with Gasteiger partial charge in [-0.3, -0.25) is 4.79 Å². The predicted octanol–water partition coefficient (Wildman–Crippen LogP) is 6.32. The Balaban J connectivity index is 1.65. The quantitative estimate of drug-likeness (QED) is 0.430. The predicted molar refractivity (Wildman–Crippen MR) is 105 cm³/mol. The lowest BCUT2D eigenvalue weighted by Crippen LogP contribution is -2.25. The first-order chi connectivity index (χ1) is 11.9. The van der Waals surface area contributed by atoms with Gasteiger partial charge < -0.3 is 4.74 Å². The first-order valence-corrected chi connectivity index (χ1v) is 10.4. The number of hydrogen-bond acceptors (Lipinski definition) is 2. The molecule has 0 aliphatic heterocycles. The van der Waals surface area contributed by atoms with Crippen molar-refractivity contribution in [2.24, 2.45) is 29.1 Å². The Hall–Kier alpha value is -1.05. The molecule has 0 aromatic heterocycles. The van der Waals surface area contributed by atoms with Gasteiger partial charge in [-0.05, 0) is 103 Å². The Kier molecular flexibility index (Phi) is 7.78. The van der Waals surface area contributed by atoms with Crippen LogP contribution in [0.2, 0.25) is 0 Å². The van der Waals surface area contributed by atoms with Gasteiger partial charge in [0.2, 0.25) is 0 Å². The highest BCUT2D eigenvalue weighted by Crippen LogP contribution is 2.41. The Morgan fingerprint density at radius 1 is 0.880 bits per heavy atom. The highest BCUT2D eigenvalue weighted by molar-refractivity contribution is 5.75. The lowest BCUT2D eigenvalue weighted by Gasteiger charge is -2.36. The van der Waals surface area contributed by atoms with Gasteiger partial charge in [-0.15, -0.1) is 0 Å². The lowest BCUT2D eigenvalue weighted by molar-refractivity contribution is -0.151. The van der Waals surface area contributed by atoms with E-state index in [-0.39, 0.29) is 5.97 Å². The van der Waals surface area contributed by atoms with Crippen LogP contribution in [0.25, 0.3) is 0 Å². The van der Waals surface area contributed by atoms with Gasteiger partial charge in [-0.1, -0.05) is 24.3 Å². The first kappa shape index (κ1) is 20.3. The Bertz CT molecular complexity index is 453. The van der Waals surface area contributed by atoms with Crippen molar-refractivity contribution in [3.05, 3.63) is 24.3 Å². The maximum Gasteiger partial charge on any atom is 0.311 e. The molecule has 2 aliphatic rings. The molecule has 2 heteroatoms. The number of hydrogen-bond donors (Lipinski definition) is 0. The lowest BCUT2D eigenvalue weighted by atomic mass is 9.69. The molecule has 0 aromatic rings. The highest BCUT2D eigenvalue weighted by Gasteiger charge is 2.29. The second-order valence-corrected chi connectivity index (χ2v) is 9.15. The van der Waals surface area contributed by atoms with Gasteiger partial charge in [-0.25, -0.2) is 0 Å². The first-order valence-electron chi connectivity index (χ1n) is 10.4. The summed E-state index contributed by atoms with van der Waals surface area (Å²) in [7, 11) is 0. The number of ether oxygens (including phenoxy) is 1. The molecule has 2 aliphatic carbocycles. The zero-order chi connectivity index (χ0) is 18.3. The van der Waals surface area contributed by atoms with Crippen molar-refractivity contribution in [3.63, 3.8) is 0 Å². The minimum Gasteiger partial charge on any atom is -0.461 e. The number of carbonyl (C=O) groups is 1. The molecule has 0 saturated heterocycles. The maximum atomic E-state index is 11.7. The molecule has 0 radical (unpaired) electrons. The van der Waals surface area contributed by atoms with E-state index < -0.39 is 5.41 Å². The minimum absolute atomic E-state index is 0.116. The van der Waals surface area contributed by atoms with Crippen LogP contribution in [0.3, 0.4) is 0 Å². The molecule has 0 aromatic carbocycles. The van der Waals surface area contributed by atoms with E-state index in [1.165, 1.54) is 51.4 Å². The van der Waals surface area contributed by atoms with Gasteiger partial charge in [0.05, 0.1) is 5.41 Å². The van der Waals surface area contributed by atoms with E-state index in [1.807, 2.05) is 20.8 Å². The maximum absolute atomic E-state index is 11.7. The molecule has 0 N–H and O–H groups in total. The largest absolute Gasteiger partial charge is 0.461 e. The van der Waals surface area contributed by atoms with Crippen molar-refractivity contribution in [1.82, 2.24) is 0 Å². The standard InChI is InChI=1S/C23H38O2/c1-5-7-18-9-13-20(14-10-18)21-15-11-19(12-16-21)8-6-17-25-22(24)23(2,3)4/h5-8,18-21H,9-17H2,1-4H3/t18-,19-,20-,21-. The van der Waals surface area contributed by atoms with E-state index in [0.717, 1.165) is 17.8 Å². The molecule has 0 atom stereocenters. The number of allylic oxidation sites excluding steroid dienone is 3. The van der Waals surface area contributed by atoms with Crippen LogP contribution in [0.15, 0.2) is 24.3 Å². The van der Waals surface area contributed by atoms with Gasteiger partial charge in [-0.2, -0.15) is 0 Å². The summed E-state index contributed by atoms with van der Waals surface area (Å²) in [6, 6.07) is 0. The molecule has 0 heterocycles. The molecule has 0 spiro atoms. The Morgan fingerprint density at radius 3 is 1.80 bits per heavy atom. The van der Waals surface area contributed by atoms with E-state index in [1.54, 1.807) is 0 Å². The summed E-state index contributed by atoms with van der Waals surface area (Å²) < 4.78 is 5.31. The summed E-state index contributed by atoms with van der Waals surface area (Å²) in [6.07, 6.45) is 20.0. The average molecular weight is 347 g/mol. The van der Waals surface area contributed by atoms with Crippen molar-refractivity contribution in [1.29, 1.82) is 0 Å². The molecule has 0 amide bonds. The SMILES string of the molecule is CC=C[C@H]1CC[C@H]([C@H]2CC[C@H](C=CCOC(=O)C(C)(C)C)CC2)CC1. The van der Waals surface area contributed by atoms with Crippen molar-refractivity contribution < 1.29 is 9.53 Å². The van der Waals surface area contributed by atoms with E-state index >= 15 is 0 Å². The number of carbonyl (C=O) groups excluding carboxylic acids is 1. The van der Waals surface area contributed by atoms with Crippen LogP contribution in [0.5, 0.6) is 0 Å². The fourth-order valence-electron chi connectivity index (χ4n) is 4.48. The molecule has 2 saturated carbocycles. The fourth-order valence-corrected chi connectivity index (χ4v) is 4.48. The smallest absolute Gasteiger partial charge is 0.311 e. The van der Waals surface area contributed by atoms with E-state index in [9.17, 15) is 4.79 Å². The van der Waals surface area contributed by atoms with Crippen LogP contribution in [0.4, 0.5) is 0 Å². The zero-order valence-corrected chi connectivity index (χ0v) is 16.8. The van der Waals surface area contributed by atoms with Gasteiger partial charge >= 0.3 is 5.97 Å². The summed E-state index contributed by atoms with van der Waals surface area (Å²) in [5, 5.41) is 0. The Morgan fingerprint density at radius 2 is 1.36 bits per heavy atom. The number of rotatable bonds is 5. The van der Waals surface area contributed by atoms with Crippen LogP contribution in [0.1, 0.15) is 79.1 Å². The second-order valence-electron chi connectivity index (χ2n) is 9.15. The van der Waals surface area contributed by atoms with E-state index in [0.29, 0.717) is 12.5 Å². The number of esters is 1. The Labute approximate surface area is 155 Å². The topological polar surface area (TPSA) is 26.3 Å². The van der Waals surface area contributed by atoms with Gasteiger partial charge in [0.15, 0.2) is 0 Å². The van der Waals surface area contributed by atoms with E-state index in [4.69, 9.17) is 4.74 Å². The molecule has 0 unspecified atom stereocenters. The third-order valence-corrected chi connectivity index (χ3v) is 6.10. The molecule has 2 nitrogen and oxygen atoms in total. The summed E-state index contributed by atoms with van der Waals surface area (Å²) in [5.41, 5.74) is -0.405. The van der Waals surface area contributed by atoms with E-state index in [2.05, 4.69) is 31.2 Å². The molecule has 0 bridgehead atoms. The minimum atomic E-state index is -0.405. The van der Waals surface area contributed by atoms with Crippen LogP contribution in [-0.4, -0.2) is 12.6 Å². The molecule has 2 rings (SSSR count). The molecular weight excluding hydrogens is 308 g/mol. The summed E-state index contributed by atoms with van der Waals surface area (Å²) in [5.74, 6) is 3.34. The summed E-state index contributed by atoms with van der Waals surface area (Å²) >= 11 is 0. The molecule has 25 heavy (non-hydrogen) atoms. The highest BCUT2D eigenvalue weighted by atomic mass is 16.5. The van der Waals surface area contributed by atoms with Gasteiger partial charge in [0.1, 0.15) is 6.61 Å². The monoisotopic (exact) mass is 346 g/mol. The third-order valence-electron chi connectivity index (χ3n) is 6.10. The normalized spacial score (nSPS) is 31.5. The molecule has 2 fully saturated rings. The van der Waals surface area contributed by atoms with Crippen molar-refractivity contribution in [2.45, 2.75) is 79.1 Å². The average Bonchev–Trinajstić information content (AvgIpc) is 2.59. The summed E-state index contributed by atoms with van der Waals surface area (Å²) in [4.78, 5) is 11.7. The third kappa shape index (κ3) is 6.64. The summed E-state index contributed by atoms with van der Waals surface area (Å²) in [6.45, 7) is 8.25. The van der Waals surface area contributed by atoms with Gasteiger partial charge in [0.25, 0.3) is 0 Å². The van der Waals surface area contributed by atoms with Crippen LogP contribution in [-0.2, 0) is 9.53 Å². The fraction of sp³-hybridized carbons (Fsp3) is 0.783. The van der Waals surface area contributed by atoms with Crippen LogP contribution < -0.4 is 0 Å².